The van der Waals surface area contributed by atoms with Crippen LogP contribution in [0.1, 0.15) is 18.9 Å². The van der Waals surface area contributed by atoms with Gasteiger partial charge in [0.2, 0.25) is 5.95 Å². The minimum atomic E-state index is -0.229. The van der Waals surface area contributed by atoms with Gasteiger partial charge in [0.25, 0.3) is 5.56 Å². The summed E-state index contributed by atoms with van der Waals surface area (Å²) in [6.45, 7) is 4.60. The van der Waals surface area contributed by atoms with Crippen molar-refractivity contribution in [3.8, 4) is 11.4 Å². The maximum atomic E-state index is 12.5. The van der Waals surface area contributed by atoms with Crippen LogP contribution in [0.5, 0.6) is 5.75 Å². The molecule has 7 nitrogen and oxygen atoms in total. The SMILES string of the molecule is CCC(CNc1nc2c(cnn2-c2ccccc2)c(=O)[nH]1)Oc1ccccc1C. The van der Waals surface area contributed by atoms with Crippen LogP contribution in [0.2, 0.25) is 0 Å². The summed E-state index contributed by atoms with van der Waals surface area (Å²) in [7, 11) is 0. The summed E-state index contributed by atoms with van der Waals surface area (Å²) >= 11 is 0. The van der Waals surface area contributed by atoms with E-state index >= 15 is 0 Å². The Bertz CT molecular complexity index is 1170. The predicted octanol–water partition coefficient (Wildman–Crippen LogP) is 3.69. The van der Waals surface area contributed by atoms with Gasteiger partial charge in [-0.2, -0.15) is 10.1 Å². The number of para-hydroxylation sites is 2. The Balaban J connectivity index is 1.56. The molecule has 0 amide bonds. The van der Waals surface area contributed by atoms with Gasteiger partial charge in [-0.25, -0.2) is 4.68 Å². The monoisotopic (exact) mass is 389 g/mol. The molecule has 7 heteroatoms. The van der Waals surface area contributed by atoms with Gasteiger partial charge in [0.05, 0.1) is 18.4 Å². The van der Waals surface area contributed by atoms with Gasteiger partial charge in [0.15, 0.2) is 5.65 Å². The van der Waals surface area contributed by atoms with Crippen molar-refractivity contribution in [1.82, 2.24) is 19.7 Å². The van der Waals surface area contributed by atoms with Crippen LogP contribution in [0.4, 0.5) is 5.95 Å². The number of hydrogen-bond donors (Lipinski definition) is 2. The molecule has 29 heavy (non-hydrogen) atoms. The lowest BCUT2D eigenvalue weighted by atomic mass is 10.2. The van der Waals surface area contributed by atoms with Crippen molar-refractivity contribution >= 4 is 17.0 Å². The van der Waals surface area contributed by atoms with Crippen LogP contribution in [0.3, 0.4) is 0 Å². The van der Waals surface area contributed by atoms with Crippen molar-refractivity contribution < 1.29 is 4.74 Å². The molecule has 0 spiro atoms. The van der Waals surface area contributed by atoms with E-state index in [4.69, 9.17) is 4.74 Å². The molecule has 4 aromatic rings. The van der Waals surface area contributed by atoms with Gasteiger partial charge in [-0.3, -0.25) is 9.78 Å². The zero-order chi connectivity index (χ0) is 20.2. The minimum absolute atomic E-state index is 0.0591. The average molecular weight is 389 g/mol. The summed E-state index contributed by atoms with van der Waals surface area (Å²) in [4.78, 5) is 19.8. The molecule has 2 N–H and O–H groups in total. The third kappa shape index (κ3) is 3.99. The van der Waals surface area contributed by atoms with Gasteiger partial charge >= 0.3 is 0 Å². The first kappa shape index (κ1) is 18.7. The summed E-state index contributed by atoms with van der Waals surface area (Å²) in [6.07, 6.45) is 2.29. The van der Waals surface area contributed by atoms with Crippen molar-refractivity contribution in [2.45, 2.75) is 26.4 Å². The van der Waals surface area contributed by atoms with E-state index in [1.165, 1.54) is 6.20 Å². The van der Waals surface area contributed by atoms with Crippen LogP contribution in [-0.2, 0) is 0 Å². The number of hydrogen-bond acceptors (Lipinski definition) is 5. The zero-order valence-corrected chi connectivity index (χ0v) is 16.4. The third-order valence-electron chi connectivity index (χ3n) is 4.78. The van der Waals surface area contributed by atoms with E-state index in [0.717, 1.165) is 23.4 Å². The highest BCUT2D eigenvalue weighted by atomic mass is 16.5. The van der Waals surface area contributed by atoms with E-state index < -0.39 is 0 Å². The second kappa shape index (κ2) is 8.18. The molecule has 2 aromatic carbocycles. The van der Waals surface area contributed by atoms with E-state index in [1.807, 2.05) is 61.5 Å². The third-order valence-corrected chi connectivity index (χ3v) is 4.78. The number of fused-ring (bicyclic) bond motifs is 1. The fraction of sp³-hybridized carbons (Fsp3) is 0.227. The normalized spacial score (nSPS) is 12.1. The summed E-state index contributed by atoms with van der Waals surface area (Å²) < 4.78 is 7.78. The van der Waals surface area contributed by atoms with Crippen molar-refractivity contribution in [2.75, 3.05) is 11.9 Å². The molecule has 4 rings (SSSR count). The number of H-pyrrole nitrogens is 1. The second-order valence-corrected chi connectivity index (χ2v) is 6.84. The first-order valence-electron chi connectivity index (χ1n) is 9.65. The van der Waals surface area contributed by atoms with Gasteiger partial charge in [0, 0.05) is 0 Å². The Hall–Kier alpha value is -3.61. The lowest BCUT2D eigenvalue weighted by Gasteiger charge is -2.19. The fourth-order valence-electron chi connectivity index (χ4n) is 3.11. The van der Waals surface area contributed by atoms with Gasteiger partial charge in [-0.05, 0) is 37.1 Å². The smallest absolute Gasteiger partial charge is 0.263 e. The van der Waals surface area contributed by atoms with Gasteiger partial charge in [0.1, 0.15) is 17.2 Å². The number of aromatic amines is 1. The minimum Gasteiger partial charge on any atom is -0.488 e. The number of ether oxygens (including phenoxy) is 1. The number of rotatable bonds is 7. The largest absolute Gasteiger partial charge is 0.488 e. The molecular formula is C22H23N5O2. The Morgan fingerprint density at radius 2 is 1.90 bits per heavy atom. The van der Waals surface area contributed by atoms with Crippen LogP contribution in [-0.4, -0.2) is 32.4 Å². The van der Waals surface area contributed by atoms with Gasteiger partial charge in [-0.1, -0.05) is 43.3 Å². The summed E-state index contributed by atoms with van der Waals surface area (Å²) in [5, 5.41) is 7.98. The second-order valence-electron chi connectivity index (χ2n) is 6.84. The summed E-state index contributed by atoms with van der Waals surface area (Å²) in [5.74, 6) is 1.26. The topological polar surface area (TPSA) is 84.8 Å². The molecule has 2 aromatic heterocycles. The number of nitrogens with zero attached hydrogens (tertiary/aromatic N) is 3. The highest BCUT2D eigenvalue weighted by molar-refractivity contribution is 5.76. The molecule has 0 radical (unpaired) electrons. The van der Waals surface area contributed by atoms with E-state index in [2.05, 4.69) is 27.3 Å². The fourth-order valence-corrected chi connectivity index (χ4v) is 3.11. The first-order valence-corrected chi connectivity index (χ1v) is 9.65. The molecule has 0 saturated heterocycles. The Morgan fingerprint density at radius 1 is 1.14 bits per heavy atom. The molecule has 0 saturated carbocycles. The predicted molar refractivity (Wildman–Crippen MR) is 114 cm³/mol. The van der Waals surface area contributed by atoms with Crippen LogP contribution >= 0.6 is 0 Å². The number of aromatic nitrogens is 4. The number of benzene rings is 2. The average Bonchev–Trinajstić information content (AvgIpc) is 3.17. The van der Waals surface area contributed by atoms with E-state index in [0.29, 0.717) is 23.5 Å². The maximum absolute atomic E-state index is 12.5. The van der Waals surface area contributed by atoms with Crippen LogP contribution in [0.15, 0.2) is 65.6 Å². The van der Waals surface area contributed by atoms with Crippen LogP contribution < -0.4 is 15.6 Å². The molecule has 2 heterocycles. The first-order chi connectivity index (χ1) is 14.2. The van der Waals surface area contributed by atoms with Crippen molar-refractivity contribution in [3.05, 3.63) is 76.7 Å². The zero-order valence-electron chi connectivity index (χ0n) is 16.4. The Kier molecular flexibility index (Phi) is 5.29. The van der Waals surface area contributed by atoms with Crippen molar-refractivity contribution in [1.29, 1.82) is 0 Å². The van der Waals surface area contributed by atoms with Crippen molar-refractivity contribution in [2.24, 2.45) is 0 Å². The summed E-state index contributed by atoms with van der Waals surface area (Å²) in [6, 6.07) is 17.5. The highest BCUT2D eigenvalue weighted by Crippen LogP contribution is 2.19. The lowest BCUT2D eigenvalue weighted by Crippen LogP contribution is -2.27. The molecule has 0 aliphatic carbocycles. The Labute approximate surface area is 168 Å². The van der Waals surface area contributed by atoms with Gasteiger partial charge in [-0.15, -0.1) is 0 Å². The quantitative estimate of drug-likeness (QED) is 0.504. The molecule has 0 aliphatic heterocycles. The number of nitrogens with one attached hydrogen (secondary N) is 2. The van der Waals surface area contributed by atoms with E-state index in [1.54, 1.807) is 4.68 Å². The standard InChI is InChI=1S/C22H23N5O2/c1-3-17(29-19-12-8-7-9-15(19)2)13-23-22-25-20-18(21(28)26-22)14-24-27(20)16-10-5-4-6-11-16/h4-12,14,17H,3,13H2,1-2H3,(H2,23,25,26,28). The molecular weight excluding hydrogens is 366 g/mol. The molecule has 1 atom stereocenters. The lowest BCUT2D eigenvalue weighted by molar-refractivity contribution is 0.208. The Morgan fingerprint density at radius 3 is 2.66 bits per heavy atom. The molecule has 0 aliphatic rings. The maximum Gasteiger partial charge on any atom is 0.263 e. The molecule has 0 bridgehead atoms. The number of aryl methyl sites for hydroxylation is 1. The van der Waals surface area contributed by atoms with Crippen LogP contribution in [0, 0.1) is 6.92 Å². The molecule has 0 fully saturated rings. The number of anilines is 1. The van der Waals surface area contributed by atoms with Crippen LogP contribution in [0.25, 0.3) is 16.7 Å². The van der Waals surface area contributed by atoms with E-state index in [-0.39, 0.29) is 11.7 Å². The summed E-state index contributed by atoms with van der Waals surface area (Å²) in [5.41, 5.74) is 2.22. The molecule has 148 valence electrons. The van der Waals surface area contributed by atoms with Crippen molar-refractivity contribution in [3.63, 3.8) is 0 Å². The van der Waals surface area contributed by atoms with E-state index in [9.17, 15) is 4.79 Å². The van der Waals surface area contributed by atoms with Gasteiger partial charge < -0.3 is 10.1 Å². The highest BCUT2D eigenvalue weighted by Gasteiger charge is 2.14. The molecule has 1 unspecified atom stereocenters.